The summed E-state index contributed by atoms with van der Waals surface area (Å²) >= 11 is 0. The summed E-state index contributed by atoms with van der Waals surface area (Å²) in [7, 11) is 0. The lowest BCUT2D eigenvalue weighted by molar-refractivity contribution is -0.138. The number of halogens is 3. The SMILES string of the molecule is O=C(O)Cc1cn(-c2cccc(C(F)(F)F)c2)nc1-c1ccc(Oc2ccccc2)cc1. The van der Waals surface area contributed by atoms with Crippen molar-refractivity contribution in [3.05, 3.63) is 96.2 Å². The molecule has 32 heavy (non-hydrogen) atoms. The summed E-state index contributed by atoms with van der Waals surface area (Å²) in [6, 6.07) is 20.8. The molecule has 8 heteroatoms. The molecule has 5 nitrogen and oxygen atoms in total. The minimum Gasteiger partial charge on any atom is -0.481 e. The Hall–Kier alpha value is -4.07. The summed E-state index contributed by atoms with van der Waals surface area (Å²) in [5.41, 5.74) is 0.742. The normalized spacial score (nSPS) is 11.3. The molecule has 4 aromatic rings. The molecule has 162 valence electrons. The summed E-state index contributed by atoms with van der Waals surface area (Å²) in [4.78, 5) is 11.3. The van der Waals surface area contributed by atoms with E-state index in [0.717, 1.165) is 12.1 Å². The van der Waals surface area contributed by atoms with Gasteiger partial charge in [-0.15, -0.1) is 0 Å². The molecule has 0 aliphatic heterocycles. The van der Waals surface area contributed by atoms with E-state index in [2.05, 4.69) is 5.10 Å². The molecular weight excluding hydrogens is 421 g/mol. The lowest BCUT2D eigenvalue weighted by Gasteiger charge is -2.08. The van der Waals surface area contributed by atoms with Gasteiger partial charge in [-0.1, -0.05) is 24.3 Å². The first-order valence-corrected chi connectivity index (χ1v) is 9.61. The van der Waals surface area contributed by atoms with Gasteiger partial charge >= 0.3 is 12.1 Å². The van der Waals surface area contributed by atoms with Gasteiger partial charge in [-0.2, -0.15) is 18.3 Å². The van der Waals surface area contributed by atoms with E-state index in [4.69, 9.17) is 4.74 Å². The third kappa shape index (κ3) is 4.80. The average molecular weight is 438 g/mol. The number of hydrogen-bond donors (Lipinski definition) is 1. The van der Waals surface area contributed by atoms with Gasteiger partial charge in [0.15, 0.2) is 0 Å². The molecule has 0 atom stereocenters. The Bertz CT molecular complexity index is 1230. The van der Waals surface area contributed by atoms with Gasteiger partial charge < -0.3 is 9.84 Å². The molecule has 0 aliphatic carbocycles. The average Bonchev–Trinajstić information content (AvgIpc) is 3.18. The number of alkyl halides is 3. The fourth-order valence-electron chi connectivity index (χ4n) is 3.21. The van der Waals surface area contributed by atoms with Crippen LogP contribution < -0.4 is 4.74 Å². The molecule has 0 aliphatic rings. The summed E-state index contributed by atoms with van der Waals surface area (Å²) < 4.78 is 46.3. The third-order valence-corrected chi connectivity index (χ3v) is 4.68. The van der Waals surface area contributed by atoms with E-state index in [9.17, 15) is 23.1 Å². The molecular formula is C24H17F3N2O3. The number of carboxylic acid groups (broad SMARTS) is 1. The first kappa shape index (κ1) is 21.2. The van der Waals surface area contributed by atoms with E-state index in [0.29, 0.717) is 28.3 Å². The molecule has 0 spiro atoms. The topological polar surface area (TPSA) is 64.3 Å². The highest BCUT2D eigenvalue weighted by Gasteiger charge is 2.30. The molecule has 0 fully saturated rings. The third-order valence-electron chi connectivity index (χ3n) is 4.68. The summed E-state index contributed by atoms with van der Waals surface area (Å²) in [6.45, 7) is 0. The van der Waals surface area contributed by atoms with Crippen molar-refractivity contribution in [2.24, 2.45) is 0 Å². The maximum atomic E-state index is 13.1. The van der Waals surface area contributed by atoms with E-state index < -0.39 is 17.7 Å². The zero-order valence-electron chi connectivity index (χ0n) is 16.6. The zero-order valence-corrected chi connectivity index (χ0v) is 16.6. The standard InChI is InChI=1S/C24H17F3N2O3/c25-24(26,27)18-5-4-6-19(14-18)29-15-17(13-22(30)31)23(28-29)16-9-11-21(12-10-16)32-20-7-2-1-3-8-20/h1-12,14-15H,13H2,(H,30,31). The summed E-state index contributed by atoms with van der Waals surface area (Å²) in [6.07, 6.45) is -3.38. The van der Waals surface area contributed by atoms with Crippen LogP contribution in [0.3, 0.4) is 0 Å². The van der Waals surface area contributed by atoms with Gasteiger partial charge in [-0.25, -0.2) is 4.68 Å². The second kappa shape index (κ2) is 8.58. The molecule has 0 radical (unpaired) electrons. The van der Waals surface area contributed by atoms with E-state index >= 15 is 0 Å². The molecule has 0 bridgehead atoms. The number of benzene rings is 3. The van der Waals surface area contributed by atoms with Crippen molar-refractivity contribution in [2.75, 3.05) is 0 Å². The number of nitrogens with zero attached hydrogens (tertiary/aromatic N) is 2. The van der Waals surface area contributed by atoms with E-state index in [1.165, 1.54) is 23.0 Å². The smallest absolute Gasteiger partial charge is 0.416 e. The van der Waals surface area contributed by atoms with Crippen molar-refractivity contribution in [2.45, 2.75) is 12.6 Å². The van der Waals surface area contributed by atoms with Crippen molar-refractivity contribution in [3.63, 3.8) is 0 Å². The van der Waals surface area contributed by atoms with Crippen molar-refractivity contribution in [3.8, 4) is 28.4 Å². The Morgan fingerprint density at radius 3 is 2.28 bits per heavy atom. The highest BCUT2D eigenvalue weighted by Crippen LogP contribution is 2.32. The predicted molar refractivity (Wildman–Crippen MR) is 112 cm³/mol. The fourth-order valence-corrected chi connectivity index (χ4v) is 3.21. The molecule has 0 saturated carbocycles. The largest absolute Gasteiger partial charge is 0.481 e. The number of carbonyl (C=O) groups is 1. The van der Waals surface area contributed by atoms with Crippen molar-refractivity contribution < 1.29 is 27.8 Å². The van der Waals surface area contributed by atoms with Crippen LogP contribution in [0.25, 0.3) is 16.9 Å². The van der Waals surface area contributed by atoms with E-state index in [1.807, 2.05) is 30.3 Å². The van der Waals surface area contributed by atoms with Crippen LogP contribution in [-0.4, -0.2) is 20.9 Å². The minimum atomic E-state index is -4.50. The summed E-state index contributed by atoms with van der Waals surface area (Å²) in [5.74, 6) is 0.177. The summed E-state index contributed by atoms with van der Waals surface area (Å²) in [5, 5.41) is 13.7. The quantitative estimate of drug-likeness (QED) is 0.402. The van der Waals surface area contributed by atoms with Crippen LogP contribution in [0.5, 0.6) is 11.5 Å². The second-order valence-corrected chi connectivity index (χ2v) is 7.01. The molecule has 0 amide bonds. The first-order valence-electron chi connectivity index (χ1n) is 9.61. The first-order chi connectivity index (χ1) is 15.3. The van der Waals surface area contributed by atoms with Gasteiger partial charge in [0.2, 0.25) is 0 Å². The van der Waals surface area contributed by atoms with Gasteiger partial charge in [0, 0.05) is 17.3 Å². The number of aliphatic carboxylic acids is 1. The zero-order chi connectivity index (χ0) is 22.7. The maximum Gasteiger partial charge on any atom is 0.416 e. The highest BCUT2D eigenvalue weighted by atomic mass is 19.4. The van der Waals surface area contributed by atoms with Gasteiger partial charge in [0.05, 0.1) is 23.4 Å². The van der Waals surface area contributed by atoms with Gasteiger partial charge in [-0.05, 0) is 54.6 Å². The number of hydrogen-bond acceptors (Lipinski definition) is 3. The van der Waals surface area contributed by atoms with Crippen LogP contribution in [0.15, 0.2) is 85.1 Å². The number of carboxylic acids is 1. The number of aromatic nitrogens is 2. The van der Waals surface area contributed by atoms with Gasteiger partial charge in [0.25, 0.3) is 0 Å². The molecule has 0 unspecified atom stereocenters. The highest BCUT2D eigenvalue weighted by molar-refractivity contribution is 5.75. The second-order valence-electron chi connectivity index (χ2n) is 7.01. The number of rotatable bonds is 6. The molecule has 0 saturated heterocycles. The van der Waals surface area contributed by atoms with E-state index in [-0.39, 0.29) is 12.1 Å². The Balaban J connectivity index is 1.68. The Labute approximate surface area is 181 Å². The predicted octanol–water partition coefficient (Wildman–Crippen LogP) is 5.98. The van der Waals surface area contributed by atoms with Crippen molar-refractivity contribution in [1.82, 2.24) is 9.78 Å². The minimum absolute atomic E-state index is 0.182. The van der Waals surface area contributed by atoms with Crippen LogP contribution >= 0.6 is 0 Å². The lowest BCUT2D eigenvalue weighted by atomic mass is 10.1. The van der Waals surface area contributed by atoms with Gasteiger partial charge in [0.1, 0.15) is 11.5 Å². The maximum absolute atomic E-state index is 13.1. The number of para-hydroxylation sites is 1. The van der Waals surface area contributed by atoms with Crippen molar-refractivity contribution >= 4 is 5.97 Å². The van der Waals surface area contributed by atoms with E-state index in [1.54, 1.807) is 24.3 Å². The van der Waals surface area contributed by atoms with Crippen LogP contribution in [0.2, 0.25) is 0 Å². The lowest BCUT2D eigenvalue weighted by Crippen LogP contribution is -2.06. The molecule has 1 aromatic heterocycles. The molecule has 4 rings (SSSR count). The van der Waals surface area contributed by atoms with Gasteiger partial charge in [-0.3, -0.25) is 4.79 Å². The Morgan fingerprint density at radius 1 is 0.938 bits per heavy atom. The Kier molecular flexibility index (Phi) is 5.68. The van der Waals surface area contributed by atoms with Crippen LogP contribution in [0, 0.1) is 0 Å². The van der Waals surface area contributed by atoms with Crippen LogP contribution in [0.1, 0.15) is 11.1 Å². The monoisotopic (exact) mass is 438 g/mol. The van der Waals surface area contributed by atoms with Crippen LogP contribution in [-0.2, 0) is 17.4 Å². The Morgan fingerprint density at radius 2 is 1.62 bits per heavy atom. The fraction of sp³-hybridized carbons (Fsp3) is 0.0833. The molecule has 3 aromatic carbocycles. The van der Waals surface area contributed by atoms with Crippen LogP contribution in [0.4, 0.5) is 13.2 Å². The number of ether oxygens (including phenoxy) is 1. The molecule has 1 N–H and O–H groups in total. The molecule has 1 heterocycles. The van der Waals surface area contributed by atoms with Crippen molar-refractivity contribution in [1.29, 1.82) is 0 Å².